The molecule has 3 atom stereocenters. The number of hydrogen-bond acceptors (Lipinski definition) is 3. The number of anilines is 6. The molecule has 650 valence electrons. The third kappa shape index (κ3) is 10.8. The fraction of sp³-hybridized carbons (Fsp3) is 0.0222. The van der Waals surface area contributed by atoms with Gasteiger partial charge in [0.2, 0.25) is 0 Å². The molecule has 2 aliphatic heterocycles. The molecule has 0 N–H and O–H groups in total. The Hall–Kier alpha value is -17.7. The second-order valence-corrected chi connectivity index (χ2v) is 39.3. The number of thiophene rings is 1. The van der Waals surface area contributed by atoms with E-state index < -0.39 is 16.2 Å². The summed E-state index contributed by atoms with van der Waals surface area (Å²) in [7, 11) is 0. The third-order valence-corrected chi connectivity index (χ3v) is 32.8. The molecule has 5 aliphatic rings. The van der Waals surface area contributed by atoms with Crippen LogP contribution in [0, 0.1) is 0 Å². The van der Waals surface area contributed by atoms with Crippen molar-refractivity contribution in [3.63, 3.8) is 0 Å². The molecule has 3 aromatic heterocycles. The van der Waals surface area contributed by atoms with Crippen molar-refractivity contribution in [2.75, 3.05) is 9.80 Å². The summed E-state index contributed by atoms with van der Waals surface area (Å²) in [4.78, 5) is 5.17. The van der Waals surface area contributed by atoms with Crippen molar-refractivity contribution in [1.82, 2.24) is 9.13 Å². The van der Waals surface area contributed by atoms with Crippen molar-refractivity contribution in [2.45, 2.75) is 16.2 Å². The van der Waals surface area contributed by atoms with E-state index in [9.17, 15) is 0 Å². The highest BCUT2D eigenvalue weighted by atomic mass is 32.1. The van der Waals surface area contributed by atoms with Gasteiger partial charge in [0.1, 0.15) is 0 Å². The summed E-state index contributed by atoms with van der Waals surface area (Å²) < 4.78 is 7.72. The van der Waals surface area contributed by atoms with E-state index in [1.165, 1.54) is 203 Å². The molecule has 30 rings (SSSR count). The lowest BCUT2D eigenvalue weighted by Gasteiger charge is -2.40. The lowest BCUT2D eigenvalue weighted by molar-refractivity contribution is 0.748. The molecule has 4 nitrogen and oxygen atoms in total. The highest BCUT2D eigenvalue weighted by Crippen LogP contribution is 2.67. The number of rotatable bonds is 13. The van der Waals surface area contributed by atoms with Gasteiger partial charge in [-0.1, -0.05) is 419 Å². The Balaban J connectivity index is 0.597. The van der Waals surface area contributed by atoms with Crippen LogP contribution in [-0.2, 0) is 16.2 Å². The van der Waals surface area contributed by atoms with Gasteiger partial charge in [-0.25, -0.2) is 0 Å². The highest BCUT2D eigenvalue weighted by molar-refractivity contribution is 7.25. The fourth-order valence-electron chi connectivity index (χ4n) is 26.0. The minimum atomic E-state index is -0.795. The van der Waals surface area contributed by atoms with Crippen LogP contribution in [-0.4, -0.2) is 9.13 Å². The Morgan fingerprint density at radius 1 is 0.186 bits per heavy atom. The van der Waals surface area contributed by atoms with E-state index >= 15 is 0 Å². The zero-order chi connectivity index (χ0) is 91.6. The van der Waals surface area contributed by atoms with Crippen LogP contribution in [0.1, 0.15) is 66.8 Å². The average molecular weight is 1790 g/mol. The van der Waals surface area contributed by atoms with Gasteiger partial charge in [-0.05, 0) is 230 Å². The average Bonchev–Trinajstić information content (AvgIpc) is 1.50. The summed E-state index contributed by atoms with van der Waals surface area (Å²) in [6.07, 6.45) is 0. The van der Waals surface area contributed by atoms with Crippen LogP contribution < -0.4 is 9.80 Å². The van der Waals surface area contributed by atoms with Crippen molar-refractivity contribution in [3.8, 4) is 100 Å². The first kappa shape index (κ1) is 78.6. The molecule has 0 radical (unpaired) electrons. The zero-order valence-corrected chi connectivity index (χ0v) is 77.0. The van der Waals surface area contributed by atoms with E-state index in [4.69, 9.17) is 0 Å². The first-order chi connectivity index (χ1) is 69.5. The fourth-order valence-corrected chi connectivity index (χ4v) is 27.1. The molecule has 5 heteroatoms. The lowest BCUT2D eigenvalue weighted by Crippen LogP contribution is -2.33. The molecule has 2 spiro atoms. The Labute approximate surface area is 815 Å². The first-order valence-electron chi connectivity index (χ1n) is 48.7. The number of benzene rings is 22. The molecule has 0 amide bonds. The maximum Gasteiger partial charge on any atom is 0.0755 e. The van der Waals surface area contributed by atoms with E-state index in [0.717, 1.165) is 61.9 Å². The normalized spacial score (nSPS) is 15.7. The van der Waals surface area contributed by atoms with Crippen molar-refractivity contribution in [3.05, 3.63) is 576 Å². The topological polar surface area (TPSA) is 16.3 Å². The summed E-state index contributed by atoms with van der Waals surface area (Å²) >= 11 is 1.86. The Kier molecular flexibility index (Phi) is 16.9. The Morgan fingerprint density at radius 3 is 1.18 bits per heavy atom. The molecular formula is C135H84N4S. The van der Waals surface area contributed by atoms with Crippen LogP contribution in [0.5, 0.6) is 0 Å². The van der Waals surface area contributed by atoms with Crippen LogP contribution in [0.3, 0.4) is 0 Å². The monoisotopic (exact) mass is 1790 g/mol. The number of aromatic nitrogens is 2. The van der Waals surface area contributed by atoms with Gasteiger partial charge in [0.15, 0.2) is 0 Å². The first-order valence-corrected chi connectivity index (χ1v) is 49.5. The Morgan fingerprint density at radius 2 is 0.557 bits per heavy atom. The van der Waals surface area contributed by atoms with Crippen molar-refractivity contribution >= 4 is 109 Å². The van der Waals surface area contributed by atoms with Gasteiger partial charge in [-0.2, -0.15) is 0 Å². The summed E-state index contributed by atoms with van der Waals surface area (Å²) in [6, 6.07) is 194. The smallest absolute Gasteiger partial charge is 0.0755 e. The Bertz CT molecular complexity index is 9510. The van der Waals surface area contributed by atoms with Crippen molar-refractivity contribution in [1.29, 1.82) is 0 Å². The van der Waals surface area contributed by atoms with Crippen LogP contribution in [0.2, 0.25) is 0 Å². The number of hydrogen-bond donors (Lipinski definition) is 0. The minimum Gasteiger partial charge on any atom is -0.310 e. The van der Waals surface area contributed by atoms with E-state index in [1.807, 2.05) is 11.3 Å². The quantitative estimate of drug-likeness (QED) is 0.114. The van der Waals surface area contributed by atoms with Crippen LogP contribution in [0.25, 0.3) is 164 Å². The van der Waals surface area contributed by atoms with E-state index in [0.29, 0.717) is 0 Å². The van der Waals surface area contributed by atoms with Crippen molar-refractivity contribution < 1.29 is 0 Å². The van der Waals surface area contributed by atoms with E-state index in [2.05, 4.69) is 529 Å². The maximum absolute atomic E-state index is 2.63. The molecule has 22 aromatic carbocycles. The molecule has 0 saturated carbocycles. The third-order valence-electron chi connectivity index (χ3n) is 31.6. The van der Waals surface area contributed by atoms with Gasteiger partial charge in [0.25, 0.3) is 0 Å². The van der Waals surface area contributed by atoms with E-state index in [-0.39, 0.29) is 0 Å². The van der Waals surface area contributed by atoms with Gasteiger partial charge >= 0.3 is 0 Å². The SMILES string of the molecule is c1ccc(-c2ccc(-c3ccccc3N(c3ccc4c(c3)C3(c5ccccc5-4)c4ccccc4-n4c5cccc(-c6ccc(C7(c8ccccc8)c8ccccc8-c8c(N(c9ccc%10c(c9)C9(c%11ccccc%11-%10)c%10ccccc%10-n%10c%11ccccc%11c%11cccc9c%11%10)c9ccccc9-c9ccc(-c%10ccccc%10)cc9)cccc87)cc6)c5c5cccc3c54)c3ccc4sc5ccccc5c4c3)cc2)cc1. The highest BCUT2D eigenvalue weighted by Gasteiger charge is 2.55. The van der Waals surface area contributed by atoms with Gasteiger partial charge in [-0.15, -0.1) is 11.3 Å². The molecule has 5 heterocycles. The summed E-state index contributed by atoms with van der Waals surface area (Å²) in [5, 5.41) is 7.47. The number of nitrogens with zero attached hydrogens (tertiary/aromatic N) is 4. The van der Waals surface area contributed by atoms with Gasteiger partial charge in [0, 0.05) is 75.5 Å². The second kappa shape index (κ2) is 30.1. The molecule has 0 saturated heterocycles. The summed E-state index contributed by atoms with van der Waals surface area (Å²) in [6.45, 7) is 0. The molecule has 3 unspecified atom stereocenters. The zero-order valence-electron chi connectivity index (χ0n) is 76.2. The number of fused-ring (bicyclic) bond motifs is 30. The molecule has 0 fully saturated rings. The molecule has 3 aliphatic carbocycles. The number of para-hydroxylation sites is 7. The second-order valence-electron chi connectivity index (χ2n) is 38.2. The van der Waals surface area contributed by atoms with Gasteiger partial charge in [-0.3, -0.25) is 0 Å². The van der Waals surface area contributed by atoms with Crippen LogP contribution in [0.4, 0.5) is 34.1 Å². The molecular weight excluding hydrogens is 1710 g/mol. The van der Waals surface area contributed by atoms with Crippen molar-refractivity contribution in [2.24, 2.45) is 0 Å². The lowest BCUT2D eigenvalue weighted by atomic mass is 9.65. The van der Waals surface area contributed by atoms with Crippen LogP contribution in [0.15, 0.2) is 510 Å². The molecule has 25 aromatic rings. The van der Waals surface area contributed by atoms with Gasteiger partial charge in [0.05, 0.1) is 66.7 Å². The molecule has 140 heavy (non-hydrogen) atoms. The minimum absolute atomic E-state index is 0.703. The summed E-state index contributed by atoms with van der Waals surface area (Å²) in [5.74, 6) is 0. The maximum atomic E-state index is 2.63. The molecule has 0 bridgehead atoms. The predicted octanol–water partition coefficient (Wildman–Crippen LogP) is 35.2. The van der Waals surface area contributed by atoms with Gasteiger partial charge < -0.3 is 18.9 Å². The largest absolute Gasteiger partial charge is 0.310 e. The standard InChI is InChI=1S/C135H84N4S/c1-4-32-85(33-5-1)87-64-68-89(69-65-87)97-38-13-22-56-120(97)136(94-78-81-128-109(82-94)105-43-16-27-63-127(105)140-128)95-76-79-102-100-40-11-18-49-111(100)135(118(102)83-95)114-52-21-26-60-124(114)139-125-61-30-45-99(129(125)108-47-29-55-117(135)132(108)139)91-72-74-93(75-73-91)133(92-36-8-3-9-37-92)112-50-19-12-44-107(112)130-115(133)53-31-62-126(130)137(121-57-23-14-39-98(121)90-70-66-88(67-71-90)86-34-6-2-7-35-86)96-77-80-103-101-41-10-17-48-110(101)134(119(103)84-96)113-51-20-25-59-123(113)138-122-58-24-15-42-104(122)106-46-28-54-116(134)131(106)138/h1-84H. The van der Waals surface area contributed by atoms with Crippen LogP contribution >= 0.6 is 11.3 Å². The summed E-state index contributed by atoms with van der Waals surface area (Å²) in [5.41, 5.74) is 45.5. The predicted molar refractivity (Wildman–Crippen MR) is 584 cm³/mol. The van der Waals surface area contributed by atoms with E-state index in [1.54, 1.807) is 0 Å².